The highest BCUT2D eigenvalue weighted by atomic mass is 32.2. The van der Waals surface area contributed by atoms with Gasteiger partial charge in [0.15, 0.2) is 15.6 Å². The molecule has 1 heterocycles. The number of nitrogens with one attached hydrogen (secondary N) is 1. The summed E-state index contributed by atoms with van der Waals surface area (Å²) in [4.78, 5) is 24.5. The van der Waals surface area contributed by atoms with Gasteiger partial charge < -0.3 is 5.32 Å². The van der Waals surface area contributed by atoms with Gasteiger partial charge in [0.05, 0.1) is 21.4 Å². The first-order chi connectivity index (χ1) is 11.2. The molecule has 24 heavy (non-hydrogen) atoms. The van der Waals surface area contributed by atoms with Crippen molar-refractivity contribution in [1.29, 1.82) is 0 Å². The van der Waals surface area contributed by atoms with Gasteiger partial charge in [0.1, 0.15) is 0 Å². The summed E-state index contributed by atoms with van der Waals surface area (Å²) in [6.07, 6.45) is 1.82. The molecule has 1 atom stereocenters. The van der Waals surface area contributed by atoms with Gasteiger partial charge in [-0.25, -0.2) is 8.42 Å². The number of hydrogen-bond acceptors (Lipinski definition) is 5. The van der Waals surface area contributed by atoms with Crippen molar-refractivity contribution >= 4 is 32.9 Å². The zero-order chi connectivity index (χ0) is 17.9. The van der Waals surface area contributed by atoms with Crippen molar-refractivity contribution in [1.82, 2.24) is 5.32 Å². The molecule has 0 aliphatic heterocycles. The van der Waals surface area contributed by atoms with E-state index in [9.17, 15) is 18.0 Å². The van der Waals surface area contributed by atoms with Crippen LogP contribution in [-0.2, 0) is 9.84 Å². The minimum Gasteiger partial charge on any atom is -0.345 e. The molecular weight excluding hydrogens is 346 g/mol. The van der Waals surface area contributed by atoms with E-state index in [-0.39, 0.29) is 22.6 Å². The summed E-state index contributed by atoms with van der Waals surface area (Å²) in [6.45, 7) is 3.40. The van der Waals surface area contributed by atoms with Gasteiger partial charge in [-0.1, -0.05) is 19.1 Å². The van der Waals surface area contributed by atoms with Gasteiger partial charge in [0.25, 0.3) is 5.91 Å². The molecule has 0 spiro atoms. The van der Waals surface area contributed by atoms with Crippen LogP contribution in [0.1, 0.15) is 51.9 Å². The Balaban J connectivity index is 2.16. The minimum atomic E-state index is -3.24. The number of thiophene rings is 1. The third-order valence-corrected chi connectivity index (χ3v) is 5.79. The van der Waals surface area contributed by atoms with Crippen molar-refractivity contribution in [3.05, 3.63) is 51.7 Å². The van der Waals surface area contributed by atoms with Crippen LogP contribution in [0.5, 0.6) is 0 Å². The number of carbonyl (C=O) groups is 2. The molecule has 1 unspecified atom stereocenters. The summed E-state index contributed by atoms with van der Waals surface area (Å²) >= 11 is 1.24. The Bertz CT molecular complexity index is 851. The Labute approximate surface area is 145 Å². The molecule has 2 aromatic rings. The summed E-state index contributed by atoms with van der Waals surface area (Å²) in [5.74, 6) is -0.319. The third kappa shape index (κ3) is 4.30. The molecule has 1 N–H and O–H groups in total. The van der Waals surface area contributed by atoms with Gasteiger partial charge in [-0.05, 0) is 37.1 Å². The third-order valence-electron chi connectivity index (χ3n) is 3.63. The molecule has 0 saturated heterocycles. The fourth-order valence-corrected chi connectivity index (χ4v) is 3.67. The van der Waals surface area contributed by atoms with Crippen molar-refractivity contribution in [2.75, 3.05) is 6.26 Å². The van der Waals surface area contributed by atoms with Crippen LogP contribution in [0.3, 0.4) is 0 Å². The number of carbonyl (C=O) groups excluding carboxylic acids is 2. The summed E-state index contributed by atoms with van der Waals surface area (Å²) < 4.78 is 23.0. The lowest BCUT2D eigenvalue weighted by Gasteiger charge is -2.17. The maximum absolute atomic E-state index is 12.3. The minimum absolute atomic E-state index is 0.0672. The van der Waals surface area contributed by atoms with E-state index in [2.05, 4.69) is 5.32 Å². The van der Waals surface area contributed by atoms with Crippen LogP contribution >= 0.6 is 11.3 Å². The lowest BCUT2D eigenvalue weighted by Crippen LogP contribution is -2.27. The molecule has 0 radical (unpaired) electrons. The normalized spacial score (nSPS) is 12.6. The van der Waals surface area contributed by atoms with Gasteiger partial charge in [0, 0.05) is 11.6 Å². The number of hydrogen-bond donors (Lipinski definition) is 1. The molecule has 2 rings (SSSR count). The molecule has 0 aliphatic carbocycles. The predicted molar refractivity (Wildman–Crippen MR) is 94.4 cm³/mol. The van der Waals surface area contributed by atoms with E-state index in [1.165, 1.54) is 30.4 Å². The molecule has 1 aromatic carbocycles. The molecule has 128 valence electrons. The smallest absolute Gasteiger partial charge is 0.252 e. The van der Waals surface area contributed by atoms with Crippen molar-refractivity contribution in [2.45, 2.75) is 31.2 Å². The van der Waals surface area contributed by atoms with E-state index < -0.39 is 9.84 Å². The molecule has 1 amide bonds. The van der Waals surface area contributed by atoms with Crippen molar-refractivity contribution in [2.24, 2.45) is 0 Å². The highest BCUT2D eigenvalue weighted by Crippen LogP contribution is 2.21. The molecule has 5 nitrogen and oxygen atoms in total. The van der Waals surface area contributed by atoms with Crippen LogP contribution < -0.4 is 5.32 Å². The van der Waals surface area contributed by atoms with Crippen LogP contribution in [0.25, 0.3) is 0 Å². The predicted octanol–water partition coefficient (Wildman–Crippen LogP) is 3.24. The Morgan fingerprint density at radius 3 is 2.29 bits per heavy atom. The first kappa shape index (κ1) is 18.4. The quantitative estimate of drug-likeness (QED) is 0.797. The Morgan fingerprint density at radius 2 is 1.83 bits per heavy atom. The van der Waals surface area contributed by atoms with Gasteiger partial charge in [-0.15, -0.1) is 11.3 Å². The highest BCUT2D eigenvalue weighted by Gasteiger charge is 2.17. The summed E-state index contributed by atoms with van der Waals surface area (Å²) in [5.41, 5.74) is 1.29. The van der Waals surface area contributed by atoms with E-state index >= 15 is 0 Å². The molecule has 0 fully saturated rings. The van der Waals surface area contributed by atoms with Gasteiger partial charge in [-0.2, -0.15) is 0 Å². The van der Waals surface area contributed by atoms with E-state index in [0.29, 0.717) is 16.9 Å². The average Bonchev–Trinajstić information content (AvgIpc) is 3.02. The number of ketones is 1. The highest BCUT2D eigenvalue weighted by molar-refractivity contribution is 7.90. The van der Waals surface area contributed by atoms with Crippen LogP contribution in [0.4, 0.5) is 0 Å². The van der Waals surface area contributed by atoms with Crippen molar-refractivity contribution in [3.8, 4) is 0 Å². The first-order valence-electron chi connectivity index (χ1n) is 7.42. The van der Waals surface area contributed by atoms with Gasteiger partial charge >= 0.3 is 0 Å². The van der Waals surface area contributed by atoms with Gasteiger partial charge in [0.2, 0.25) is 0 Å². The summed E-state index contributed by atoms with van der Waals surface area (Å²) in [7, 11) is -3.24. The Hall–Kier alpha value is -1.99. The van der Waals surface area contributed by atoms with E-state index in [0.717, 1.165) is 11.8 Å². The zero-order valence-electron chi connectivity index (χ0n) is 13.7. The van der Waals surface area contributed by atoms with Crippen LogP contribution in [0.2, 0.25) is 0 Å². The number of rotatable bonds is 6. The van der Waals surface area contributed by atoms with E-state index in [4.69, 9.17) is 0 Å². The van der Waals surface area contributed by atoms with E-state index in [1.54, 1.807) is 23.6 Å². The molecule has 0 bridgehead atoms. The largest absolute Gasteiger partial charge is 0.345 e. The number of amides is 1. The second-order valence-electron chi connectivity index (χ2n) is 5.53. The second-order valence-corrected chi connectivity index (χ2v) is 8.46. The van der Waals surface area contributed by atoms with Crippen LogP contribution in [0, 0.1) is 0 Å². The molecule has 1 aromatic heterocycles. The van der Waals surface area contributed by atoms with Crippen LogP contribution in [0.15, 0.2) is 40.6 Å². The summed E-state index contributed by atoms with van der Waals surface area (Å²) in [5, 5.41) is 4.57. The lowest BCUT2D eigenvalue weighted by atomic mass is 10.0. The topological polar surface area (TPSA) is 80.3 Å². The fourth-order valence-electron chi connectivity index (χ4n) is 2.25. The first-order valence-corrected chi connectivity index (χ1v) is 10.2. The maximum Gasteiger partial charge on any atom is 0.252 e. The van der Waals surface area contributed by atoms with Crippen molar-refractivity contribution < 1.29 is 18.0 Å². The molecular formula is C17H19NO4S2. The average molecular weight is 365 g/mol. The van der Waals surface area contributed by atoms with E-state index in [1.807, 2.05) is 6.92 Å². The molecule has 7 heteroatoms. The second kappa shape index (κ2) is 7.27. The fraction of sp³-hybridized carbons (Fsp3) is 0.294. The lowest BCUT2D eigenvalue weighted by molar-refractivity contribution is 0.0936. The van der Waals surface area contributed by atoms with Crippen molar-refractivity contribution in [3.63, 3.8) is 0 Å². The SMILES string of the molecule is CCC(NC(=O)c1csc(C(C)=O)c1)c1ccc(S(C)(=O)=O)cc1. The molecule has 0 aliphatic rings. The zero-order valence-corrected chi connectivity index (χ0v) is 15.3. The summed E-state index contributed by atoms with van der Waals surface area (Å²) in [6, 6.07) is 7.85. The standard InChI is InChI=1S/C17H19NO4S2/c1-4-15(12-5-7-14(8-6-12)24(3,21)22)18-17(20)13-9-16(11(2)19)23-10-13/h5-10,15H,4H2,1-3H3,(H,18,20). The Morgan fingerprint density at radius 1 is 1.21 bits per heavy atom. The van der Waals surface area contributed by atoms with Crippen LogP contribution in [-0.4, -0.2) is 26.4 Å². The number of sulfone groups is 1. The maximum atomic E-state index is 12.3. The number of Topliss-reactive ketones (excluding diaryl/α,β-unsaturated/α-hetero) is 1. The molecule has 0 saturated carbocycles. The number of benzene rings is 1. The Kier molecular flexibility index (Phi) is 5.56. The monoisotopic (exact) mass is 365 g/mol. The van der Waals surface area contributed by atoms with Gasteiger partial charge in [-0.3, -0.25) is 9.59 Å².